The average molecular weight is 387 g/mol. The minimum atomic E-state index is 0.491. The quantitative estimate of drug-likeness (QED) is 0.388. The summed E-state index contributed by atoms with van der Waals surface area (Å²) in [6.45, 7) is 3.08. The summed E-state index contributed by atoms with van der Waals surface area (Å²) < 4.78 is 18.3. The summed E-state index contributed by atoms with van der Waals surface area (Å²) in [6, 6.07) is 8.92. The van der Waals surface area contributed by atoms with Gasteiger partial charge < -0.3 is 4.74 Å². The molecule has 0 atom stereocenters. The van der Waals surface area contributed by atoms with Crippen molar-refractivity contribution >= 4 is 0 Å². The van der Waals surface area contributed by atoms with E-state index in [0.29, 0.717) is 5.92 Å². The average Bonchev–Trinajstić information content (AvgIpc) is 2.75. The van der Waals surface area contributed by atoms with Crippen molar-refractivity contribution in [1.82, 2.24) is 0 Å². The molecule has 2 saturated carbocycles. The van der Waals surface area contributed by atoms with Gasteiger partial charge in [-0.25, -0.2) is 4.39 Å². The number of rotatable bonds is 9. The van der Waals surface area contributed by atoms with Gasteiger partial charge in [-0.1, -0.05) is 44.4 Å². The molecule has 0 radical (unpaired) electrons. The van der Waals surface area contributed by atoms with E-state index in [9.17, 15) is 4.39 Å². The van der Waals surface area contributed by atoms with Crippen LogP contribution in [0, 0.1) is 17.8 Å². The van der Waals surface area contributed by atoms with E-state index in [4.69, 9.17) is 4.74 Å². The lowest BCUT2D eigenvalue weighted by Crippen LogP contribution is -2.25. The van der Waals surface area contributed by atoms with E-state index in [0.717, 1.165) is 42.9 Å². The highest BCUT2D eigenvalue weighted by atomic mass is 19.1. The molecule has 28 heavy (non-hydrogen) atoms. The largest absolute Gasteiger partial charge is 0.494 e. The zero-order chi connectivity index (χ0) is 19.6. The second-order valence-electron chi connectivity index (χ2n) is 9.08. The number of ether oxygens (including phenoxy) is 1. The second kappa shape index (κ2) is 11.6. The van der Waals surface area contributed by atoms with Gasteiger partial charge in [-0.2, -0.15) is 0 Å². The van der Waals surface area contributed by atoms with E-state index >= 15 is 0 Å². The lowest BCUT2D eigenvalue weighted by molar-refractivity contribution is 0.171. The zero-order valence-corrected chi connectivity index (χ0v) is 17.8. The molecule has 0 unspecified atom stereocenters. The molecule has 0 spiro atoms. The number of hydrogen-bond acceptors (Lipinski definition) is 1. The summed E-state index contributed by atoms with van der Waals surface area (Å²) >= 11 is 0. The number of unbranched alkanes of at least 4 members (excludes halogenated alkanes) is 3. The summed E-state index contributed by atoms with van der Waals surface area (Å²) in [6.07, 6.45) is 17.9. The van der Waals surface area contributed by atoms with Crippen LogP contribution < -0.4 is 4.74 Å². The fraction of sp³-hybridized carbons (Fsp3) is 0.692. The Morgan fingerprint density at radius 1 is 0.857 bits per heavy atom. The Bertz CT molecular complexity index is 563. The lowest BCUT2D eigenvalue weighted by atomic mass is 9.68. The van der Waals surface area contributed by atoms with E-state index in [-0.39, 0.29) is 0 Å². The number of halogens is 1. The number of hydrogen-bond donors (Lipinski definition) is 0. The Hall–Kier alpha value is -1.31. The maximum absolute atomic E-state index is 12.4. The smallest absolute Gasteiger partial charge is 0.119 e. The summed E-state index contributed by atoms with van der Waals surface area (Å²) in [4.78, 5) is 0. The van der Waals surface area contributed by atoms with E-state index in [1.54, 1.807) is 6.08 Å². The molecule has 2 heteroatoms. The van der Waals surface area contributed by atoms with Crippen molar-refractivity contribution in [2.45, 2.75) is 89.9 Å². The molecule has 156 valence electrons. The van der Waals surface area contributed by atoms with E-state index in [1.165, 1.54) is 76.2 Å². The molecule has 2 aliphatic carbocycles. The van der Waals surface area contributed by atoms with Crippen LogP contribution in [0.2, 0.25) is 0 Å². The van der Waals surface area contributed by atoms with E-state index in [2.05, 4.69) is 31.2 Å². The van der Waals surface area contributed by atoms with Crippen LogP contribution in [0.25, 0.3) is 0 Å². The zero-order valence-electron chi connectivity index (χ0n) is 17.8. The van der Waals surface area contributed by atoms with Crippen LogP contribution >= 0.6 is 0 Å². The van der Waals surface area contributed by atoms with Gasteiger partial charge in [-0.05, 0) is 99.2 Å². The first kappa shape index (κ1) is 21.4. The van der Waals surface area contributed by atoms with E-state index in [1.807, 2.05) is 0 Å². The van der Waals surface area contributed by atoms with Crippen LogP contribution in [0.3, 0.4) is 0 Å². The Balaban J connectivity index is 1.39. The summed E-state index contributed by atoms with van der Waals surface area (Å²) in [5.74, 6) is 4.02. The van der Waals surface area contributed by atoms with Crippen LogP contribution in [-0.2, 0) is 0 Å². The van der Waals surface area contributed by atoms with Crippen molar-refractivity contribution in [3.8, 4) is 5.75 Å². The third-order valence-electron chi connectivity index (χ3n) is 7.22. The van der Waals surface area contributed by atoms with Crippen molar-refractivity contribution in [3.63, 3.8) is 0 Å². The fourth-order valence-electron chi connectivity index (χ4n) is 5.39. The predicted molar refractivity (Wildman–Crippen MR) is 116 cm³/mol. The van der Waals surface area contributed by atoms with Crippen LogP contribution in [-0.4, -0.2) is 6.61 Å². The highest BCUT2D eigenvalue weighted by Crippen LogP contribution is 2.44. The molecule has 0 saturated heterocycles. The van der Waals surface area contributed by atoms with Gasteiger partial charge in [0.2, 0.25) is 0 Å². The van der Waals surface area contributed by atoms with Crippen LogP contribution in [0.4, 0.5) is 4.39 Å². The van der Waals surface area contributed by atoms with Gasteiger partial charge in [0.25, 0.3) is 0 Å². The van der Waals surface area contributed by atoms with Crippen molar-refractivity contribution in [1.29, 1.82) is 0 Å². The summed E-state index contributed by atoms with van der Waals surface area (Å²) in [7, 11) is 0. The minimum absolute atomic E-state index is 0.491. The molecule has 0 aliphatic heterocycles. The highest BCUT2D eigenvalue weighted by Gasteiger charge is 2.30. The predicted octanol–water partition coefficient (Wildman–Crippen LogP) is 8.21. The normalized spacial score (nSPS) is 28.5. The van der Waals surface area contributed by atoms with Gasteiger partial charge in [-0.15, -0.1) is 0 Å². The molecule has 2 fully saturated rings. The molecule has 0 aromatic heterocycles. The third kappa shape index (κ3) is 6.36. The molecular weight excluding hydrogens is 347 g/mol. The number of benzene rings is 1. The summed E-state index contributed by atoms with van der Waals surface area (Å²) in [5.41, 5.74) is 1.49. The molecule has 1 aromatic rings. The number of allylic oxidation sites excluding steroid dienone is 1. The molecule has 0 N–H and O–H groups in total. The molecular formula is C26H39FO. The first-order valence-electron chi connectivity index (χ1n) is 11.8. The van der Waals surface area contributed by atoms with Gasteiger partial charge in [0, 0.05) is 0 Å². The molecule has 1 aromatic carbocycles. The first-order valence-corrected chi connectivity index (χ1v) is 11.8. The summed E-state index contributed by atoms with van der Waals surface area (Å²) in [5, 5.41) is 0. The van der Waals surface area contributed by atoms with Crippen molar-refractivity contribution in [2.75, 3.05) is 6.61 Å². The molecule has 0 bridgehead atoms. The molecule has 1 nitrogen and oxygen atoms in total. The Morgan fingerprint density at radius 2 is 1.50 bits per heavy atom. The lowest BCUT2D eigenvalue weighted by Gasteiger charge is -2.37. The van der Waals surface area contributed by atoms with Crippen molar-refractivity contribution in [3.05, 3.63) is 42.2 Å². The first-order chi connectivity index (χ1) is 13.8. The topological polar surface area (TPSA) is 9.23 Å². The molecule has 2 aliphatic rings. The standard InChI is InChI=1S/C26H39FO/c1-2-3-4-5-20-28-26-16-14-25(15-17-26)24-12-10-23(11-13-24)22-8-6-21(7-9-22)18-19-27/h14-19,21-24H,2-13,20H2,1H3/b19-18+. The van der Waals surface area contributed by atoms with Crippen LogP contribution in [0.1, 0.15) is 95.5 Å². The maximum Gasteiger partial charge on any atom is 0.119 e. The van der Waals surface area contributed by atoms with Gasteiger partial charge in [-0.3, -0.25) is 0 Å². The van der Waals surface area contributed by atoms with Gasteiger partial charge in [0.15, 0.2) is 0 Å². The molecule has 0 amide bonds. The van der Waals surface area contributed by atoms with Crippen molar-refractivity contribution < 1.29 is 9.13 Å². The monoisotopic (exact) mass is 386 g/mol. The van der Waals surface area contributed by atoms with Gasteiger partial charge >= 0.3 is 0 Å². The molecule has 3 rings (SSSR count). The van der Waals surface area contributed by atoms with E-state index < -0.39 is 0 Å². The highest BCUT2D eigenvalue weighted by molar-refractivity contribution is 5.29. The van der Waals surface area contributed by atoms with Crippen LogP contribution in [0.5, 0.6) is 5.75 Å². The van der Waals surface area contributed by atoms with Crippen LogP contribution in [0.15, 0.2) is 36.7 Å². The van der Waals surface area contributed by atoms with Gasteiger partial charge in [0.05, 0.1) is 12.9 Å². The maximum atomic E-state index is 12.4. The Kier molecular flexibility index (Phi) is 8.89. The SMILES string of the molecule is CCCCCCOc1ccc(C2CCC(C3CCC(/C=C/F)CC3)CC2)cc1. The molecule has 0 heterocycles. The third-order valence-corrected chi connectivity index (χ3v) is 7.22. The van der Waals surface area contributed by atoms with Gasteiger partial charge in [0.1, 0.15) is 5.75 Å². The Labute approximate surface area is 171 Å². The van der Waals surface area contributed by atoms with Crippen molar-refractivity contribution in [2.24, 2.45) is 17.8 Å². The minimum Gasteiger partial charge on any atom is -0.494 e. The fourth-order valence-corrected chi connectivity index (χ4v) is 5.39. The Morgan fingerprint density at radius 3 is 2.11 bits per heavy atom. The second-order valence-corrected chi connectivity index (χ2v) is 9.08.